The molecule has 0 unspecified atom stereocenters. The van der Waals surface area contributed by atoms with Crippen LogP contribution >= 0.6 is 11.6 Å². The van der Waals surface area contributed by atoms with Crippen molar-refractivity contribution in [1.82, 2.24) is 5.43 Å². The number of hydrazone groups is 1. The number of methoxy groups -OCH3 is 1. The molecule has 2 aromatic carbocycles. The van der Waals surface area contributed by atoms with Gasteiger partial charge in [0.2, 0.25) is 0 Å². The second kappa shape index (κ2) is 8.44. The Bertz CT molecular complexity index is 672. The highest BCUT2D eigenvalue weighted by atomic mass is 35.5. The number of hydrogen-bond donors (Lipinski definition) is 1. The van der Waals surface area contributed by atoms with Crippen LogP contribution in [0.15, 0.2) is 47.6 Å². The first-order valence-electron chi connectivity index (χ1n) is 7.44. The number of nitrogens with one attached hydrogen (secondary N) is 1. The topological polar surface area (TPSA) is 42.8 Å². The third-order valence-electron chi connectivity index (χ3n) is 3.09. The molecule has 0 aliphatic carbocycles. The van der Waals surface area contributed by atoms with Gasteiger partial charge in [-0.05, 0) is 38.1 Å². The molecule has 0 aromatic heterocycles. The Hall–Kier alpha value is -2.20. The van der Waals surface area contributed by atoms with Crippen LogP contribution in [0.2, 0.25) is 5.02 Å². The minimum atomic E-state index is 0.0878. The molecule has 4 nitrogen and oxygen atoms in total. The van der Waals surface area contributed by atoms with Crippen molar-refractivity contribution >= 4 is 17.8 Å². The summed E-state index contributed by atoms with van der Waals surface area (Å²) in [5, 5.41) is 4.90. The molecule has 2 aromatic rings. The molecule has 0 saturated heterocycles. The highest BCUT2D eigenvalue weighted by Gasteiger charge is 2.05. The minimum Gasteiger partial charge on any atom is -0.496 e. The summed E-state index contributed by atoms with van der Waals surface area (Å²) in [6.45, 7) is 4.53. The maximum absolute atomic E-state index is 6.05. The Morgan fingerprint density at radius 2 is 1.96 bits per heavy atom. The normalized spacial score (nSPS) is 11.0. The molecule has 5 heteroatoms. The molecule has 0 atom stereocenters. The van der Waals surface area contributed by atoms with Gasteiger partial charge in [0.1, 0.15) is 11.5 Å². The zero-order valence-corrected chi connectivity index (χ0v) is 14.3. The Morgan fingerprint density at radius 3 is 2.70 bits per heavy atom. The predicted molar refractivity (Wildman–Crippen MR) is 94.6 cm³/mol. The summed E-state index contributed by atoms with van der Waals surface area (Å²) in [7, 11) is 1.66. The van der Waals surface area contributed by atoms with Crippen LogP contribution in [-0.2, 0) is 6.54 Å². The van der Waals surface area contributed by atoms with Gasteiger partial charge < -0.3 is 14.9 Å². The molecule has 0 saturated carbocycles. The monoisotopic (exact) mass is 332 g/mol. The Labute approximate surface area is 142 Å². The van der Waals surface area contributed by atoms with Gasteiger partial charge in [-0.25, -0.2) is 0 Å². The second-order valence-electron chi connectivity index (χ2n) is 5.25. The van der Waals surface area contributed by atoms with Crippen molar-refractivity contribution in [3.05, 3.63) is 58.6 Å². The van der Waals surface area contributed by atoms with E-state index < -0.39 is 0 Å². The smallest absolute Gasteiger partial charge is 0.128 e. The Kier molecular flexibility index (Phi) is 6.29. The SMILES string of the molecule is COc1ccccc1CN/N=C/c1cc(Cl)ccc1OC(C)C. The van der Waals surface area contributed by atoms with Gasteiger partial charge in [-0.3, -0.25) is 0 Å². The molecule has 0 fully saturated rings. The first kappa shape index (κ1) is 17.2. The molecule has 0 spiro atoms. The van der Waals surface area contributed by atoms with E-state index in [1.807, 2.05) is 50.2 Å². The highest BCUT2D eigenvalue weighted by Crippen LogP contribution is 2.22. The number of hydrogen-bond acceptors (Lipinski definition) is 4. The predicted octanol–water partition coefficient (Wildman–Crippen LogP) is 4.26. The largest absolute Gasteiger partial charge is 0.496 e. The van der Waals surface area contributed by atoms with Crippen molar-refractivity contribution in [1.29, 1.82) is 0 Å². The lowest BCUT2D eigenvalue weighted by atomic mass is 10.2. The summed E-state index contributed by atoms with van der Waals surface area (Å²) < 4.78 is 11.1. The third-order valence-corrected chi connectivity index (χ3v) is 3.33. The number of nitrogens with zero attached hydrogens (tertiary/aromatic N) is 1. The van der Waals surface area contributed by atoms with Gasteiger partial charge in [0.05, 0.1) is 26.0 Å². The number of halogens is 1. The van der Waals surface area contributed by atoms with E-state index in [0.717, 1.165) is 22.6 Å². The van der Waals surface area contributed by atoms with Crippen molar-refractivity contribution in [3.8, 4) is 11.5 Å². The molecule has 1 N–H and O–H groups in total. The van der Waals surface area contributed by atoms with E-state index in [1.165, 1.54) is 0 Å². The first-order valence-corrected chi connectivity index (χ1v) is 7.82. The average Bonchev–Trinajstić information content (AvgIpc) is 2.54. The molecule has 0 bridgehead atoms. The quantitative estimate of drug-likeness (QED) is 0.608. The van der Waals surface area contributed by atoms with Crippen molar-refractivity contribution in [2.45, 2.75) is 26.5 Å². The molecule has 0 amide bonds. The van der Waals surface area contributed by atoms with Gasteiger partial charge in [0.15, 0.2) is 0 Å². The molecular weight excluding hydrogens is 312 g/mol. The number of benzene rings is 2. The standard InChI is InChI=1S/C18H21ClN2O2/c1-13(2)23-18-9-8-16(19)10-15(18)12-21-20-11-14-6-4-5-7-17(14)22-3/h4-10,12-13,20H,11H2,1-3H3/b21-12+. The van der Waals surface area contributed by atoms with E-state index in [0.29, 0.717) is 11.6 Å². The van der Waals surface area contributed by atoms with E-state index >= 15 is 0 Å². The Morgan fingerprint density at radius 1 is 1.17 bits per heavy atom. The highest BCUT2D eigenvalue weighted by molar-refractivity contribution is 6.30. The van der Waals surface area contributed by atoms with Crippen LogP contribution in [0.25, 0.3) is 0 Å². The van der Waals surface area contributed by atoms with Crippen LogP contribution in [0, 0.1) is 0 Å². The van der Waals surface area contributed by atoms with Gasteiger partial charge in [-0.15, -0.1) is 0 Å². The number of rotatable bonds is 7. The lowest BCUT2D eigenvalue weighted by Gasteiger charge is -2.12. The summed E-state index contributed by atoms with van der Waals surface area (Å²) in [4.78, 5) is 0. The van der Waals surface area contributed by atoms with Crippen LogP contribution in [0.5, 0.6) is 11.5 Å². The summed E-state index contributed by atoms with van der Waals surface area (Å²) in [5.74, 6) is 1.59. The fourth-order valence-corrected chi connectivity index (χ4v) is 2.26. The van der Waals surface area contributed by atoms with Crippen molar-refractivity contribution in [3.63, 3.8) is 0 Å². The number of ether oxygens (including phenoxy) is 2. The molecule has 2 rings (SSSR count). The maximum atomic E-state index is 6.05. The first-order chi connectivity index (χ1) is 11.1. The van der Waals surface area contributed by atoms with Gasteiger partial charge in [-0.2, -0.15) is 5.10 Å². The van der Waals surface area contributed by atoms with Crippen LogP contribution in [0.4, 0.5) is 0 Å². The van der Waals surface area contributed by atoms with E-state index in [2.05, 4.69) is 10.5 Å². The zero-order valence-electron chi connectivity index (χ0n) is 13.5. The van der Waals surface area contributed by atoms with Crippen molar-refractivity contribution in [2.75, 3.05) is 7.11 Å². The van der Waals surface area contributed by atoms with Gasteiger partial charge in [0.25, 0.3) is 0 Å². The van der Waals surface area contributed by atoms with Gasteiger partial charge in [0, 0.05) is 16.1 Å². The van der Waals surface area contributed by atoms with Crippen LogP contribution < -0.4 is 14.9 Å². The molecule has 23 heavy (non-hydrogen) atoms. The third kappa shape index (κ3) is 5.18. The van der Waals surface area contributed by atoms with Crippen LogP contribution in [0.3, 0.4) is 0 Å². The number of para-hydroxylation sites is 1. The van der Waals surface area contributed by atoms with E-state index in [-0.39, 0.29) is 6.10 Å². The molecule has 0 aliphatic heterocycles. The van der Waals surface area contributed by atoms with Gasteiger partial charge >= 0.3 is 0 Å². The minimum absolute atomic E-state index is 0.0878. The van der Waals surface area contributed by atoms with Gasteiger partial charge in [-0.1, -0.05) is 29.8 Å². The summed E-state index contributed by atoms with van der Waals surface area (Å²) >= 11 is 6.05. The van der Waals surface area contributed by atoms with Crippen LogP contribution in [-0.4, -0.2) is 19.4 Å². The summed E-state index contributed by atoms with van der Waals surface area (Å²) in [6, 6.07) is 13.3. The maximum Gasteiger partial charge on any atom is 0.128 e. The van der Waals surface area contributed by atoms with E-state index in [1.54, 1.807) is 19.4 Å². The Balaban J connectivity index is 2.04. The molecule has 0 aliphatic rings. The zero-order chi connectivity index (χ0) is 16.7. The van der Waals surface area contributed by atoms with Crippen molar-refractivity contribution < 1.29 is 9.47 Å². The molecule has 0 heterocycles. The van der Waals surface area contributed by atoms with E-state index in [9.17, 15) is 0 Å². The lowest BCUT2D eigenvalue weighted by Crippen LogP contribution is -2.09. The van der Waals surface area contributed by atoms with Crippen LogP contribution in [0.1, 0.15) is 25.0 Å². The average molecular weight is 333 g/mol. The lowest BCUT2D eigenvalue weighted by molar-refractivity contribution is 0.242. The molecule has 0 radical (unpaired) electrons. The molecular formula is C18H21ClN2O2. The summed E-state index contributed by atoms with van der Waals surface area (Å²) in [6.07, 6.45) is 1.80. The second-order valence-corrected chi connectivity index (χ2v) is 5.69. The fourth-order valence-electron chi connectivity index (χ4n) is 2.08. The fraction of sp³-hybridized carbons (Fsp3) is 0.278. The molecule has 122 valence electrons. The summed E-state index contributed by atoms with van der Waals surface area (Å²) in [5.41, 5.74) is 4.89. The van der Waals surface area contributed by atoms with E-state index in [4.69, 9.17) is 21.1 Å². The van der Waals surface area contributed by atoms with Crippen molar-refractivity contribution in [2.24, 2.45) is 5.10 Å².